The second-order valence-corrected chi connectivity index (χ2v) is 9.27. The maximum Gasteiger partial charge on any atom is 0.328 e. The zero-order chi connectivity index (χ0) is 22.6. The number of benzene rings is 2. The van der Waals surface area contributed by atoms with E-state index in [1.54, 1.807) is 0 Å². The van der Waals surface area contributed by atoms with Gasteiger partial charge in [0.25, 0.3) is 0 Å². The molecule has 1 fully saturated rings. The standard InChI is InChI=1S/C26H26F2N2O2/c1-14-9-17(10-14)30-15(2)11-19-18-5-3-4-6-22(18)29-25(19)26(30)24-20(27)12-16(13-21(24)28)7-8-23(31)32/h3-8,12-15,17,26,29H,9-11H2,1-2H3,(H,31,32)/b8-7+/t14?,15-,17?,26+/m1/s1. The molecule has 1 saturated carbocycles. The highest BCUT2D eigenvalue weighted by molar-refractivity contribution is 5.86. The molecule has 0 unspecified atom stereocenters. The maximum absolute atomic E-state index is 15.5. The van der Waals surface area contributed by atoms with Gasteiger partial charge >= 0.3 is 5.97 Å². The molecule has 6 heteroatoms. The maximum atomic E-state index is 15.5. The Kier molecular flexibility index (Phi) is 5.13. The summed E-state index contributed by atoms with van der Waals surface area (Å²) in [7, 11) is 0. The number of carboxylic acid groups (broad SMARTS) is 1. The van der Waals surface area contributed by atoms with Gasteiger partial charge in [-0.05, 0) is 67.5 Å². The van der Waals surface area contributed by atoms with Gasteiger partial charge in [0.1, 0.15) is 11.6 Å². The van der Waals surface area contributed by atoms with Crippen molar-refractivity contribution in [2.45, 2.75) is 51.2 Å². The number of aromatic amines is 1. The van der Waals surface area contributed by atoms with Gasteiger partial charge in [-0.15, -0.1) is 0 Å². The van der Waals surface area contributed by atoms with Gasteiger partial charge in [-0.3, -0.25) is 4.90 Å². The van der Waals surface area contributed by atoms with E-state index in [4.69, 9.17) is 5.11 Å². The summed E-state index contributed by atoms with van der Waals surface area (Å²) in [6.07, 6.45) is 4.94. The number of fused-ring (bicyclic) bond motifs is 3. The van der Waals surface area contributed by atoms with E-state index >= 15 is 8.78 Å². The van der Waals surface area contributed by atoms with E-state index in [0.29, 0.717) is 5.92 Å². The van der Waals surface area contributed by atoms with E-state index in [1.165, 1.54) is 18.2 Å². The van der Waals surface area contributed by atoms with Crippen LogP contribution in [-0.4, -0.2) is 33.0 Å². The summed E-state index contributed by atoms with van der Waals surface area (Å²) in [5.41, 5.74) is 3.17. The van der Waals surface area contributed by atoms with Crippen molar-refractivity contribution in [3.8, 4) is 0 Å². The fraction of sp³-hybridized carbons (Fsp3) is 0.346. The molecule has 0 bridgehead atoms. The average molecular weight is 437 g/mol. The molecule has 2 aromatic carbocycles. The van der Waals surface area contributed by atoms with Crippen LogP contribution in [-0.2, 0) is 11.2 Å². The first-order chi connectivity index (χ1) is 15.3. The van der Waals surface area contributed by atoms with Crippen molar-refractivity contribution >= 4 is 22.9 Å². The van der Waals surface area contributed by atoms with Gasteiger partial charge in [0.2, 0.25) is 0 Å². The van der Waals surface area contributed by atoms with Crippen molar-refractivity contribution in [2.24, 2.45) is 5.92 Å². The number of para-hydroxylation sites is 1. The number of aromatic nitrogens is 1. The van der Waals surface area contributed by atoms with Crippen LogP contribution in [0.25, 0.3) is 17.0 Å². The lowest BCUT2D eigenvalue weighted by Crippen LogP contribution is -2.53. The molecule has 2 atom stereocenters. The molecule has 5 rings (SSSR count). The molecule has 1 aliphatic carbocycles. The monoisotopic (exact) mass is 436 g/mol. The Balaban J connectivity index is 1.68. The first-order valence-electron chi connectivity index (χ1n) is 11.1. The number of halogens is 2. The number of hydrogen-bond donors (Lipinski definition) is 2. The number of nitrogens with one attached hydrogen (secondary N) is 1. The molecule has 0 spiro atoms. The summed E-state index contributed by atoms with van der Waals surface area (Å²) in [5.74, 6) is -1.87. The Morgan fingerprint density at radius 3 is 2.50 bits per heavy atom. The summed E-state index contributed by atoms with van der Waals surface area (Å²) in [6, 6.07) is 10.3. The second kappa shape index (κ2) is 7.85. The predicted molar refractivity (Wildman–Crippen MR) is 120 cm³/mol. The van der Waals surface area contributed by atoms with E-state index in [2.05, 4.69) is 29.8 Å². The van der Waals surface area contributed by atoms with Crippen molar-refractivity contribution in [1.82, 2.24) is 9.88 Å². The molecule has 4 nitrogen and oxygen atoms in total. The van der Waals surface area contributed by atoms with Crippen molar-refractivity contribution in [3.05, 3.63) is 76.5 Å². The Hall–Kier alpha value is -2.99. The molecule has 32 heavy (non-hydrogen) atoms. The Labute approximate surface area is 185 Å². The predicted octanol–water partition coefficient (Wildman–Crippen LogP) is 5.68. The number of nitrogens with zero attached hydrogens (tertiary/aromatic N) is 1. The molecule has 1 aliphatic heterocycles. The molecular weight excluding hydrogens is 410 g/mol. The van der Waals surface area contributed by atoms with Crippen LogP contribution in [0.5, 0.6) is 0 Å². The molecule has 2 aliphatic rings. The third kappa shape index (κ3) is 3.43. The molecule has 0 saturated heterocycles. The van der Waals surface area contributed by atoms with Crippen LogP contribution in [0.3, 0.4) is 0 Å². The van der Waals surface area contributed by atoms with Crippen molar-refractivity contribution < 1.29 is 18.7 Å². The molecule has 1 aromatic heterocycles. The topological polar surface area (TPSA) is 56.3 Å². The summed E-state index contributed by atoms with van der Waals surface area (Å²) < 4.78 is 30.9. The number of carbonyl (C=O) groups is 1. The van der Waals surface area contributed by atoms with Gasteiger partial charge in [-0.2, -0.15) is 0 Å². The van der Waals surface area contributed by atoms with Crippen LogP contribution in [0.2, 0.25) is 0 Å². The van der Waals surface area contributed by atoms with Gasteiger partial charge in [0.15, 0.2) is 0 Å². The minimum absolute atomic E-state index is 0.0244. The molecular formula is C26H26F2N2O2. The zero-order valence-corrected chi connectivity index (χ0v) is 18.1. The van der Waals surface area contributed by atoms with E-state index in [-0.39, 0.29) is 23.2 Å². The SMILES string of the molecule is CC1CC(N2[C@@H](c3c(F)cc(/C=C/C(=O)O)cc3F)c3[nH]c4ccccc4c3C[C@H]2C)C1. The Bertz CT molecular complexity index is 1200. The van der Waals surface area contributed by atoms with Crippen LogP contribution < -0.4 is 0 Å². The average Bonchev–Trinajstić information content (AvgIpc) is 3.08. The molecule has 166 valence electrons. The van der Waals surface area contributed by atoms with E-state index < -0.39 is 23.6 Å². The lowest BCUT2D eigenvalue weighted by Gasteiger charge is -2.50. The smallest absolute Gasteiger partial charge is 0.328 e. The van der Waals surface area contributed by atoms with Crippen LogP contribution in [0.4, 0.5) is 8.78 Å². The lowest BCUT2D eigenvalue weighted by molar-refractivity contribution is -0.131. The van der Waals surface area contributed by atoms with Crippen molar-refractivity contribution in [1.29, 1.82) is 0 Å². The number of hydrogen-bond acceptors (Lipinski definition) is 2. The number of H-pyrrole nitrogens is 1. The highest BCUT2D eigenvalue weighted by atomic mass is 19.1. The van der Waals surface area contributed by atoms with Crippen LogP contribution in [0, 0.1) is 17.6 Å². The molecule has 0 amide bonds. The second-order valence-electron chi connectivity index (χ2n) is 9.27. The molecule has 3 aromatic rings. The number of aliphatic carboxylic acids is 1. The van der Waals surface area contributed by atoms with E-state index in [1.807, 2.05) is 18.2 Å². The van der Waals surface area contributed by atoms with E-state index in [0.717, 1.165) is 47.5 Å². The van der Waals surface area contributed by atoms with Gasteiger partial charge in [-0.1, -0.05) is 25.1 Å². The zero-order valence-electron chi connectivity index (χ0n) is 18.1. The summed E-state index contributed by atoms with van der Waals surface area (Å²) in [6.45, 7) is 4.35. The first kappa shape index (κ1) is 20.9. The lowest BCUT2D eigenvalue weighted by atomic mass is 9.76. The van der Waals surface area contributed by atoms with Crippen molar-refractivity contribution in [3.63, 3.8) is 0 Å². The largest absolute Gasteiger partial charge is 0.478 e. The number of carboxylic acids is 1. The summed E-state index contributed by atoms with van der Waals surface area (Å²) >= 11 is 0. The minimum Gasteiger partial charge on any atom is -0.478 e. The highest BCUT2D eigenvalue weighted by Crippen LogP contribution is 2.47. The highest BCUT2D eigenvalue weighted by Gasteiger charge is 2.44. The quantitative estimate of drug-likeness (QED) is 0.518. The van der Waals surface area contributed by atoms with Crippen LogP contribution in [0.15, 0.2) is 42.5 Å². The van der Waals surface area contributed by atoms with Crippen LogP contribution >= 0.6 is 0 Å². The minimum atomic E-state index is -1.16. The van der Waals surface area contributed by atoms with Gasteiger partial charge in [0.05, 0.1) is 6.04 Å². The van der Waals surface area contributed by atoms with Gasteiger partial charge in [0, 0.05) is 40.3 Å². The number of rotatable bonds is 4. The molecule has 2 N–H and O–H groups in total. The summed E-state index contributed by atoms with van der Waals surface area (Å²) in [4.78, 5) is 16.6. The third-order valence-corrected chi connectivity index (χ3v) is 6.99. The van der Waals surface area contributed by atoms with Crippen LogP contribution in [0.1, 0.15) is 55.1 Å². The Morgan fingerprint density at radius 2 is 1.84 bits per heavy atom. The van der Waals surface area contributed by atoms with Gasteiger partial charge < -0.3 is 10.1 Å². The van der Waals surface area contributed by atoms with Gasteiger partial charge in [-0.25, -0.2) is 13.6 Å². The summed E-state index contributed by atoms with van der Waals surface area (Å²) in [5, 5.41) is 9.94. The fourth-order valence-corrected chi connectivity index (χ4v) is 5.57. The molecule has 2 heterocycles. The van der Waals surface area contributed by atoms with E-state index in [9.17, 15) is 4.79 Å². The normalized spacial score (nSPS) is 25.8. The Morgan fingerprint density at radius 1 is 1.16 bits per heavy atom. The first-order valence-corrected chi connectivity index (χ1v) is 11.1. The third-order valence-electron chi connectivity index (χ3n) is 6.99. The van der Waals surface area contributed by atoms with Crippen molar-refractivity contribution in [2.75, 3.05) is 0 Å². The molecule has 0 radical (unpaired) electrons. The fourth-order valence-electron chi connectivity index (χ4n) is 5.57.